The summed E-state index contributed by atoms with van der Waals surface area (Å²) in [6.07, 6.45) is 1.53. The number of nitrogens with zero attached hydrogens (tertiary/aromatic N) is 1. The number of aromatic carboxylic acids is 1. The Hall–Kier alpha value is -1.91. The van der Waals surface area contributed by atoms with E-state index in [0.717, 1.165) is 11.1 Å². The van der Waals surface area contributed by atoms with Crippen LogP contribution < -0.4 is 0 Å². The van der Waals surface area contributed by atoms with E-state index in [1.54, 1.807) is 22.8 Å². The molecule has 3 aromatic rings. The molecule has 0 saturated heterocycles. The maximum atomic E-state index is 11.3. The van der Waals surface area contributed by atoms with E-state index < -0.39 is 5.97 Å². The van der Waals surface area contributed by atoms with Crippen molar-refractivity contribution in [2.45, 2.75) is 6.54 Å². The lowest BCUT2D eigenvalue weighted by Gasteiger charge is -2.08. The van der Waals surface area contributed by atoms with Crippen molar-refractivity contribution in [3.63, 3.8) is 0 Å². The summed E-state index contributed by atoms with van der Waals surface area (Å²) in [6, 6.07) is 8.47. The number of aromatic nitrogens is 1. The second-order valence-corrected chi connectivity index (χ2v) is 5.15. The number of furan rings is 1. The molecule has 0 aliphatic carbocycles. The summed E-state index contributed by atoms with van der Waals surface area (Å²) in [6.45, 7) is 0.377. The number of carboxylic acids is 1. The molecule has 20 heavy (non-hydrogen) atoms. The van der Waals surface area contributed by atoms with Crippen molar-refractivity contribution < 1.29 is 14.3 Å². The van der Waals surface area contributed by atoms with Crippen LogP contribution in [0.5, 0.6) is 0 Å². The normalized spacial score (nSPS) is 11.1. The zero-order chi connectivity index (χ0) is 14.3. The van der Waals surface area contributed by atoms with Crippen LogP contribution in [0.4, 0.5) is 0 Å². The minimum Gasteiger partial charge on any atom is -0.477 e. The number of halogens is 2. The molecule has 2 heterocycles. The molecule has 0 saturated carbocycles. The van der Waals surface area contributed by atoms with Gasteiger partial charge in [-0.1, -0.05) is 29.3 Å². The van der Waals surface area contributed by atoms with Gasteiger partial charge in [0.05, 0.1) is 21.8 Å². The maximum Gasteiger partial charge on any atom is 0.352 e. The van der Waals surface area contributed by atoms with Crippen molar-refractivity contribution in [2.24, 2.45) is 0 Å². The average molecular weight is 310 g/mol. The molecule has 0 spiro atoms. The Morgan fingerprint density at radius 2 is 2.00 bits per heavy atom. The number of hydrogen-bond acceptors (Lipinski definition) is 2. The fourth-order valence-electron chi connectivity index (χ4n) is 2.15. The van der Waals surface area contributed by atoms with Gasteiger partial charge in [-0.2, -0.15) is 0 Å². The lowest BCUT2D eigenvalue weighted by molar-refractivity contribution is 0.0686. The van der Waals surface area contributed by atoms with Gasteiger partial charge in [0.25, 0.3) is 0 Å². The number of carboxylic acid groups (broad SMARTS) is 1. The fourth-order valence-corrected chi connectivity index (χ4v) is 2.47. The van der Waals surface area contributed by atoms with Crippen molar-refractivity contribution in [3.05, 3.63) is 57.9 Å². The topological polar surface area (TPSA) is 55.4 Å². The van der Waals surface area contributed by atoms with Crippen molar-refractivity contribution in [1.29, 1.82) is 0 Å². The molecule has 0 aliphatic rings. The predicted octanol–water partition coefficient (Wildman–Crippen LogP) is 4.29. The highest BCUT2D eigenvalue weighted by Crippen LogP contribution is 2.26. The molecule has 4 nitrogen and oxygen atoms in total. The SMILES string of the molecule is O=C(O)c1cc2occc2n1Cc1ccc(Cl)c(Cl)c1. The van der Waals surface area contributed by atoms with E-state index >= 15 is 0 Å². The first-order valence-corrected chi connectivity index (χ1v) is 6.56. The summed E-state index contributed by atoms with van der Waals surface area (Å²) in [4.78, 5) is 11.3. The minimum absolute atomic E-state index is 0.172. The van der Waals surface area contributed by atoms with E-state index in [1.165, 1.54) is 12.3 Å². The van der Waals surface area contributed by atoms with Gasteiger partial charge in [-0.05, 0) is 17.7 Å². The molecular weight excluding hydrogens is 301 g/mol. The third kappa shape index (κ3) is 2.17. The summed E-state index contributed by atoms with van der Waals surface area (Å²) in [7, 11) is 0. The molecule has 2 aromatic heterocycles. The Labute approximate surface area is 124 Å². The smallest absolute Gasteiger partial charge is 0.352 e. The summed E-state index contributed by atoms with van der Waals surface area (Å²) < 4.78 is 6.91. The molecule has 1 aromatic carbocycles. The van der Waals surface area contributed by atoms with Gasteiger partial charge in [-0.3, -0.25) is 0 Å². The van der Waals surface area contributed by atoms with Crippen molar-refractivity contribution in [2.75, 3.05) is 0 Å². The van der Waals surface area contributed by atoms with Crippen molar-refractivity contribution >= 4 is 40.3 Å². The minimum atomic E-state index is -1.00. The molecule has 3 rings (SSSR count). The first kappa shape index (κ1) is 13.1. The lowest BCUT2D eigenvalue weighted by atomic mass is 10.2. The van der Waals surface area contributed by atoms with Crippen LogP contribution in [0.1, 0.15) is 16.1 Å². The second kappa shape index (κ2) is 4.89. The zero-order valence-electron chi connectivity index (χ0n) is 10.1. The second-order valence-electron chi connectivity index (χ2n) is 4.34. The standard InChI is InChI=1S/C14H9Cl2NO3/c15-9-2-1-8(5-10(9)16)7-17-11-3-4-20-13(11)6-12(17)14(18)19/h1-6H,7H2,(H,18,19). The molecule has 0 radical (unpaired) electrons. The largest absolute Gasteiger partial charge is 0.477 e. The molecule has 1 N–H and O–H groups in total. The van der Waals surface area contributed by atoms with Gasteiger partial charge in [0.15, 0.2) is 5.58 Å². The number of hydrogen-bond donors (Lipinski definition) is 1. The van der Waals surface area contributed by atoms with Crippen LogP contribution in [-0.2, 0) is 6.54 Å². The summed E-state index contributed by atoms with van der Waals surface area (Å²) in [5.74, 6) is -1.00. The van der Waals surface area contributed by atoms with Gasteiger partial charge in [0.2, 0.25) is 0 Å². The van der Waals surface area contributed by atoms with Gasteiger partial charge in [-0.15, -0.1) is 0 Å². The number of rotatable bonds is 3. The Kier molecular flexibility index (Phi) is 3.20. The highest BCUT2D eigenvalue weighted by molar-refractivity contribution is 6.42. The lowest BCUT2D eigenvalue weighted by Crippen LogP contribution is -2.09. The van der Waals surface area contributed by atoms with Crippen LogP contribution >= 0.6 is 23.2 Å². The first-order chi connectivity index (χ1) is 9.56. The summed E-state index contributed by atoms with van der Waals surface area (Å²) >= 11 is 11.9. The molecule has 0 aliphatic heterocycles. The van der Waals surface area contributed by atoms with Gasteiger partial charge in [0.1, 0.15) is 5.69 Å². The van der Waals surface area contributed by atoms with E-state index in [1.807, 2.05) is 6.07 Å². The third-order valence-electron chi connectivity index (χ3n) is 3.07. The van der Waals surface area contributed by atoms with Gasteiger partial charge in [-0.25, -0.2) is 4.79 Å². The number of fused-ring (bicyclic) bond motifs is 1. The monoisotopic (exact) mass is 309 g/mol. The van der Waals surface area contributed by atoms with E-state index in [-0.39, 0.29) is 5.69 Å². The Bertz CT molecular complexity index is 804. The fraction of sp³-hybridized carbons (Fsp3) is 0.0714. The number of carbonyl (C=O) groups is 1. The Balaban J connectivity index is 2.08. The Morgan fingerprint density at radius 3 is 2.70 bits per heavy atom. The third-order valence-corrected chi connectivity index (χ3v) is 3.81. The summed E-state index contributed by atoms with van der Waals surface area (Å²) in [5, 5.41) is 10.2. The molecule has 0 atom stereocenters. The van der Waals surface area contributed by atoms with E-state index in [9.17, 15) is 9.90 Å². The van der Waals surface area contributed by atoms with Crippen LogP contribution in [0.15, 0.2) is 41.0 Å². The average Bonchev–Trinajstić information content (AvgIpc) is 2.96. The molecule has 102 valence electrons. The van der Waals surface area contributed by atoms with E-state index in [0.29, 0.717) is 22.2 Å². The summed E-state index contributed by atoms with van der Waals surface area (Å²) in [5.41, 5.74) is 2.31. The first-order valence-electron chi connectivity index (χ1n) is 5.80. The molecule has 0 unspecified atom stereocenters. The molecule has 0 bridgehead atoms. The highest BCUT2D eigenvalue weighted by atomic mass is 35.5. The number of benzene rings is 1. The van der Waals surface area contributed by atoms with Gasteiger partial charge in [0, 0.05) is 18.7 Å². The predicted molar refractivity (Wildman–Crippen MR) is 76.7 cm³/mol. The highest BCUT2D eigenvalue weighted by Gasteiger charge is 2.16. The molecule has 0 amide bonds. The van der Waals surface area contributed by atoms with Gasteiger partial charge < -0.3 is 14.1 Å². The van der Waals surface area contributed by atoms with Crippen LogP contribution in [0.3, 0.4) is 0 Å². The molecule has 0 fully saturated rings. The van der Waals surface area contributed by atoms with Crippen LogP contribution in [0, 0.1) is 0 Å². The van der Waals surface area contributed by atoms with Gasteiger partial charge >= 0.3 is 5.97 Å². The van der Waals surface area contributed by atoms with E-state index in [2.05, 4.69) is 0 Å². The zero-order valence-corrected chi connectivity index (χ0v) is 11.6. The van der Waals surface area contributed by atoms with Crippen LogP contribution in [-0.4, -0.2) is 15.6 Å². The quantitative estimate of drug-likeness (QED) is 0.785. The van der Waals surface area contributed by atoms with Crippen molar-refractivity contribution in [3.8, 4) is 0 Å². The Morgan fingerprint density at radius 1 is 1.20 bits per heavy atom. The van der Waals surface area contributed by atoms with Crippen molar-refractivity contribution in [1.82, 2.24) is 4.57 Å². The molecular formula is C14H9Cl2NO3. The van der Waals surface area contributed by atoms with E-state index in [4.69, 9.17) is 27.6 Å². The maximum absolute atomic E-state index is 11.3. The van der Waals surface area contributed by atoms with Crippen LogP contribution in [0.2, 0.25) is 10.0 Å². The van der Waals surface area contributed by atoms with Crippen LogP contribution in [0.25, 0.3) is 11.1 Å². The molecule has 6 heteroatoms.